The Morgan fingerprint density at radius 1 is 1.60 bits per heavy atom. The van der Waals surface area contributed by atoms with E-state index < -0.39 is 0 Å². The summed E-state index contributed by atoms with van der Waals surface area (Å²) in [7, 11) is 0. The second-order valence-electron chi connectivity index (χ2n) is 4.50. The van der Waals surface area contributed by atoms with Crippen LogP contribution in [0.1, 0.15) is 24.6 Å². The Morgan fingerprint density at radius 2 is 2.47 bits per heavy atom. The van der Waals surface area contributed by atoms with Crippen LogP contribution < -0.4 is 5.73 Å². The summed E-state index contributed by atoms with van der Waals surface area (Å²) in [6.07, 6.45) is 3.51. The first-order valence-electron chi connectivity index (χ1n) is 5.77. The Morgan fingerprint density at radius 3 is 3.13 bits per heavy atom. The highest BCUT2D eigenvalue weighted by Crippen LogP contribution is 2.17. The SMILES string of the molecule is CC1CC(N)CCN1CCc1cccs1. The molecule has 1 aliphatic rings. The van der Waals surface area contributed by atoms with Gasteiger partial charge in [-0.2, -0.15) is 0 Å². The third kappa shape index (κ3) is 3.03. The molecule has 0 saturated carbocycles. The molecular formula is C12H20N2S. The third-order valence-electron chi connectivity index (χ3n) is 3.28. The van der Waals surface area contributed by atoms with Crippen molar-refractivity contribution in [1.29, 1.82) is 0 Å². The normalized spacial score (nSPS) is 28.1. The minimum atomic E-state index is 0.429. The smallest absolute Gasteiger partial charge is 0.00818 e. The maximum absolute atomic E-state index is 5.95. The average molecular weight is 224 g/mol. The molecule has 0 aromatic carbocycles. The zero-order chi connectivity index (χ0) is 10.7. The maximum Gasteiger partial charge on any atom is 0.00818 e. The molecule has 1 fully saturated rings. The predicted molar refractivity (Wildman–Crippen MR) is 66.3 cm³/mol. The number of hydrogen-bond donors (Lipinski definition) is 1. The molecule has 15 heavy (non-hydrogen) atoms. The van der Waals surface area contributed by atoms with Crippen molar-refractivity contribution in [2.24, 2.45) is 5.73 Å². The molecule has 1 aliphatic heterocycles. The summed E-state index contributed by atoms with van der Waals surface area (Å²) >= 11 is 1.86. The monoisotopic (exact) mass is 224 g/mol. The van der Waals surface area contributed by atoms with Gasteiger partial charge in [-0.1, -0.05) is 6.07 Å². The first-order valence-corrected chi connectivity index (χ1v) is 6.65. The highest BCUT2D eigenvalue weighted by molar-refractivity contribution is 7.09. The van der Waals surface area contributed by atoms with Gasteiger partial charge in [0.2, 0.25) is 0 Å². The Balaban J connectivity index is 1.79. The van der Waals surface area contributed by atoms with E-state index in [9.17, 15) is 0 Å². The molecule has 2 atom stereocenters. The highest BCUT2D eigenvalue weighted by atomic mass is 32.1. The van der Waals surface area contributed by atoms with Crippen LogP contribution >= 0.6 is 11.3 Å². The number of piperidine rings is 1. The van der Waals surface area contributed by atoms with E-state index in [0.29, 0.717) is 12.1 Å². The van der Waals surface area contributed by atoms with Gasteiger partial charge in [-0.05, 0) is 44.2 Å². The summed E-state index contributed by atoms with van der Waals surface area (Å²) in [6.45, 7) is 4.66. The summed E-state index contributed by atoms with van der Waals surface area (Å²) in [5.74, 6) is 0. The lowest BCUT2D eigenvalue weighted by Crippen LogP contribution is -2.46. The molecule has 0 amide bonds. The van der Waals surface area contributed by atoms with Crippen molar-refractivity contribution in [3.8, 4) is 0 Å². The number of nitrogens with zero attached hydrogens (tertiary/aromatic N) is 1. The van der Waals surface area contributed by atoms with Gasteiger partial charge in [0.25, 0.3) is 0 Å². The van der Waals surface area contributed by atoms with Crippen molar-refractivity contribution in [3.05, 3.63) is 22.4 Å². The summed E-state index contributed by atoms with van der Waals surface area (Å²) < 4.78 is 0. The van der Waals surface area contributed by atoms with Gasteiger partial charge in [-0.25, -0.2) is 0 Å². The minimum absolute atomic E-state index is 0.429. The molecule has 1 aromatic heterocycles. The molecule has 2 N–H and O–H groups in total. The zero-order valence-electron chi connectivity index (χ0n) is 9.36. The summed E-state index contributed by atoms with van der Waals surface area (Å²) in [5, 5.41) is 2.16. The number of nitrogens with two attached hydrogens (primary N) is 1. The second kappa shape index (κ2) is 5.10. The molecule has 0 aliphatic carbocycles. The van der Waals surface area contributed by atoms with Crippen LogP contribution in [0.2, 0.25) is 0 Å². The summed E-state index contributed by atoms with van der Waals surface area (Å²) in [5.41, 5.74) is 5.95. The second-order valence-corrected chi connectivity index (χ2v) is 5.53. The van der Waals surface area contributed by atoms with E-state index in [1.807, 2.05) is 11.3 Å². The molecule has 1 aromatic rings. The fourth-order valence-corrected chi connectivity index (χ4v) is 3.00. The van der Waals surface area contributed by atoms with Gasteiger partial charge < -0.3 is 10.6 Å². The van der Waals surface area contributed by atoms with E-state index in [1.54, 1.807) is 0 Å². The van der Waals surface area contributed by atoms with Crippen LogP contribution in [0, 0.1) is 0 Å². The van der Waals surface area contributed by atoms with Gasteiger partial charge in [0.1, 0.15) is 0 Å². The molecular weight excluding hydrogens is 204 g/mol. The third-order valence-corrected chi connectivity index (χ3v) is 4.22. The molecule has 2 heterocycles. The van der Waals surface area contributed by atoms with E-state index >= 15 is 0 Å². The van der Waals surface area contributed by atoms with Crippen LogP contribution in [0.25, 0.3) is 0 Å². The van der Waals surface area contributed by atoms with E-state index in [-0.39, 0.29) is 0 Å². The van der Waals surface area contributed by atoms with Crippen molar-refractivity contribution in [2.75, 3.05) is 13.1 Å². The van der Waals surface area contributed by atoms with Crippen molar-refractivity contribution >= 4 is 11.3 Å². The van der Waals surface area contributed by atoms with Crippen LogP contribution in [-0.4, -0.2) is 30.1 Å². The van der Waals surface area contributed by atoms with Gasteiger partial charge in [0, 0.05) is 23.5 Å². The lowest BCUT2D eigenvalue weighted by Gasteiger charge is -2.36. The molecule has 2 rings (SSSR count). The van der Waals surface area contributed by atoms with Crippen molar-refractivity contribution < 1.29 is 0 Å². The van der Waals surface area contributed by atoms with Crippen molar-refractivity contribution in [2.45, 2.75) is 38.3 Å². The van der Waals surface area contributed by atoms with Crippen LogP contribution in [0.4, 0.5) is 0 Å². The molecule has 1 saturated heterocycles. The van der Waals surface area contributed by atoms with Gasteiger partial charge in [-0.15, -0.1) is 11.3 Å². The first-order chi connectivity index (χ1) is 7.25. The standard InChI is InChI=1S/C12H20N2S/c1-10-9-11(13)4-6-14(10)7-5-12-3-2-8-15-12/h2-3,8,10-11H,4-7,9,13H2,1H3. The first kappa shape index (κ1) is 11.1. The Bertz CT molecular complexity index is 284. The number of hydrogen-bond acceptors (Lipinski definition) is 3. The van der Waals surface area contributed by atoms with Gasteiger partial charge in [0.05, 0.1) is 0 Å². The van der Waals surface area contributed by atoms with Crippen molar-refractivity contribution in [3.63, 3.8) is 0 Å². The fourth-order valence-electron chi connectivity index (χ4n) is 2.30. The average Bonchev–Trinajstić information content (AvgIpc) is 2.69. The number of thiophene rings is 1. The number of rotatable bonds is 3. The van der Waals surface area contributed by atoms with E-state index in [4.69, 9.17) is 5.73 Å². The lowest BCUT2D eigenvalue weighted by molar-refractivity contribution is 0.150. The van der Waals surface area contributed by atoms with Crippen molar-refractivity contribution in [1.82, 2.24) is 4.90 Å². The van der Waals surface area contributed by atoms with Crippen LogP contribution in [0.5, 0.6) is 0 Å². The Kier molecular flexibility index (Phi) is 3.78. The van der Waals surface area contributed by atoms with E-state index in [2.05, 4.69) is 29.3 Å². The lowest BCUT2D eigenvalue weighted by atomic mass is 9.99. The summed E-state index contributed by atoms with van der Waals surface area (Å²) in [4.78, 5) is 4.07. The fraction of sp³-hybridized carbons (Fsp3) is 0.667. The van der Waals surface area contributed by atoms with Crippen LogP contribution in [0.15, 0.2) is 17.5 Å². The number of likely N-dealkylation sites (tertiary alicyclic amines) is 1. The molecule has 3 heteroatoms. The summed E-state index contributed by atoms with van der Waals surface area (Å²) in [6, 6.07) is 5.45. The van der Waals surface area contributed by atoms with Gasteiger partial charge >= 0.3 is 0 Å². The Hall–Kier alpha value is -0.380. The van der Waals surface area contributed by atoms with Gasteiger partial charge in [0.15, 0.2) is 0 Å². The topological polar surface area (TPSA) is 29.3 Å². The molecule has 0 bridgehead atoms. The molecule has 0 spiro atoms. The minimum Gasteiger partial charge on any atom is -0.328 e. The van der Waals surface area contributed by atoms with Crippen LogP contribution in [-0.2, 0) is 6.42 Å². The molecule has 0 radical (unpaired) electrons. The van der Waals surface area contributed by atoms with Gasteiger partial charge in [-0.3, -0.25) is 0 Å². The quantitative estimate of drug-likeness (QED) is 0.852. The van der Waals surface area contributed by atoms with E-state index in [0.717, 1.165) is 12.8 Å². The largest absolute Gasteiger partial charge is 0.328 e. The molecule has 2 nitrogen and oxygen atoms in total. The Labute approximate surface area is 96.1 Å². The molecule has 2 unspecified atom stereocenters. The molecule has 84 valence electrons. The highest BCUT2D eigenvalue weighted by Gasteiger charge is 2.22. The predicted octanol–water partition coefficient (Wildman–Crippen LogP) is 2.10. The van der Waals surface area contributed by atoms with Crippen LogP contribution in [0.3, 0.4) is 0 Å². The maximum atomic E-state index is 5.95. The van der Waals surface area contributed by atoms with E-state index in [1.165, 1.54) is 24.4 Å². The zero-order valence-corrected chi connectivity index (χ0v) is 10.2.